The van der Waals surface area contributed by atoms with Crippen molar-refractivity contribution in [2.45, 2.75) is 33.0 Å². The topological polar surface area (TPSA) is 66.8 Å². The highest BCUT2D eigenvalue weighted by atomic mass is 16.5. The Morgan fingerprint density at radius 3 is 2.24 bits per heavy atom. The fraction of sp³-hybridized carbons (Fsp3) is 0.308. The molecule has 33 heavy (non-hydrogen) atoms. The zero-order chi connectivity index (χ0) is 23.8. The molecule has 0 aliphatic heterocycles. The van der Waals surface area contributed by atoms with Gasteiger partial charge >= 0.3 is 6.03 Å². The molecule has 0 saturated carbocycles. The molecule has 7 heteroatoms. The first kappa shape index (κ1) is 23.9. The molecule has 0 bridgehead atoms. The summed E-state index contributed by atoms with van der Waals surface area (Å²) in [6, 6.07) is 20.5. The fourth-order valence-electron chi connectivity index (χ4n) is 3.50. The van der Waals surface area contributed by atoms with Crippen LogP contribution in [0.2, 0.25) is 0 Å². The minimum Gasteiger partial charge on any atom is -0.497 e. The number of nitrogens with one attached hydrogen (secondary N) is 1. The first-order valence-electron chi connectivity index (χ1n) is 11.0. The van der Waals surface area contributed by atoms with E-state index in [0.717, 1.165) is 11.3 Å². The SMILES string of the molecule is COc1ccc(NC(=O)N(CC(=O)N(Cc2ccccc2)Cc2cccn2C)C(C)C)cc1. The van der Waals surface area contributed by atoms with Gasteiger partial charge in [-0.1, -0.05) is 30.3 Å². The summed E-state index contributed by atoms with van der Waals surface area (Å²) in [5.41, 5.74) is 2.71. The molecule has 0 atom stereocenters. The van der Waals surface area contributed by atoms with Gasteiger partial charge in [-0.25, -0.2) is 4.79 Å². The third kappa shape index (κ3) is 6.62. The van der Waals surface area contributed by atoms with Gasteiger partial charge < -0.3 is 24.4 Å². The van der Waals surface area contributed by atoms with Crippen molar-refractivity contribution in [3.8, 4) is 5.75 Å². The summed E-state index contributed by atoms with van der Waals surface area (Å²) in [5, 5.41) is 2.88. The monoisotopic (exact) mass is 448 g/mol. The number of aromatic nitrogens is 1. The van der Waals surface area contributed by atoms with Gasteiger partial charge in [0.1, 0.15) is 12.3 Å². The smallest absolute Gasteiger partial charge is 0.322 e. The quantitative estimate of drug-likeness (QED) is 0.524. The number of carbonyl (C=O) groups excluding carboxylic acids is 2. The predicted molar refractivity (Wildman–Crippen MR) is 130 cm³/mol. The van der Waals surface area contributed by atoms with Gasteiger partial charge in [-0.2, -0.15) is 0 Å². The molecule has 1 heterocycles. The van der Waals surface area contributed by atoms with E-state index in [1.54, 1.807) is 41.2 Å². The standard InChI is InChI=1S/C26H32N4O3/c1-20(2)30(26(32)27-22-12-14-24(33-4)15-13-22)19-25(31)29(17-21-9-6-5-7-10-21)18-23-11-8-16-28(23)3/h5-16,20H,17-19H2,1-4H3,(H,27,32). The average Bonchev–Trinajstić information content (AvgIpc) is 3.22. The normalized spacial score (nSPS) is 10.7. The molecule has 7 nitrogen and oxygen atoms in total. The Morgan fingerprint density at radius 1 is 0.970 bits per heavy atom. The average molecular weight is 449 g/mol. The predicted octanol–water partition coefficient (Wildman–Crippen LogP) is 4.51. The Labute approximate surface area is 195 Å². The van der Waals surface area contributed by atoms with E-state index in [4.69, 9.17) is 4.74 Å². The van der Waals surface area contributed by atoms with Crippen molar-refractivity contribution in [1.82, 2.24) is 14.4 Å². The Hall–Kier alpha value is -3.74. The summed E-state index contributed by atoms with van der Waals surface area (Å²) in [4.78, 5) is 29.8. The summed E-state index contributed by atoms with van der Waals surface area (Å²) >= 11 is 0. The van der Waals surface area contributed by atoms with E-state index in [2.05, 4.69) is 5.32 Å². The number of aryl methyl sites for hydroxylation is 1. The largest absolute Gasteiger partial charge is 0.497 e. The van der Waals surface area contributed by atoms with Crippen LogP contribution in [0, 0.1) is 0 Å². The van der Waals surface area contributed by atoms with E-state index < -0.39 is 0 Å². The maximum Gasteiger partial charge on any atom is 0.322 e. The molecule has 0 spiro atoms. The lowest BCUT2D eigenvalue weighted by Crippen LogP contribution is -2.47. The number of ether oxygens (including phenoxy) is 1. The third-order valence-corrected chi connectivity index (χ3v) is 5.50. The van der Waals surface area contributed by atoms with E-state index >= 15 is 0 Å². The molecule has 3 rings (SSSR count). The number of hydrogen-bond acceptors (Lipinski definition) is 3. The van der Waals surface area contributed by atoms with Crippen LogP contribution in [0.1, 0.15) is 25.1 Å². The Balaban J connectivity index is 1.74. The highest BCUT2D eigenvalue weighted by Crippen LogP contribution is 2.17. The maximum absolute atomic E-state index is 13.4. The first-order valence-corrected chi connectivity index (χ1v) is 11.0. The molecule has 0 saturated heterocycles. The molecule has 1 aromatic heterocycles. The van der Waals surface area contributed by atoms with Gasteiger partial charge in [-0.15, -0.1) is 0 Å². The van der Waals surface area contributed by atoms with Gasteiger partial charge in [0.2, 0.25) is 5.91 Å². The molecule has 1 N–H and O–H groups in total. The second-order valence-electron chi connectivity index (χ2n) is 8.23. The minimum absolute atomic E-state index is 0.0170. The van der Waals surface area contributed by atoms with Gasteiger partial charge in [-0.3, -0.25) is 4.79 Å². The molecule has 0 aliphatic carbocycles. The number of rotatable bonds is 9. The van der Waals surface area contributed by atoms with E-state index in [0.29, 0.717) is 24.5 Å². The molecule has 174 valence electrons. The Kier molecular flexibility index (Phi) is 8.13. The second-order valence-corrected chi connectivity index (χ2v) is 8.23. The van der Waals surface area contributed by atoms with Crippen molar-refractivity contribution in [3.05, 3.63) is 84.2 Å². The van der Waals surface area contributed by atoms with Gasteiger partial charge in [0.25, 0.3) is 0 Å². The van der Waals surface area contributed by atoms with Crippen molar-refractivity contribution in [1.29, 1.82) is 0 Å². The Bertz CT molecular complexity index is 1040. The van der Waals surface area contributed by atoms with Crippen molar-refractivity contribution >= 4 is 17.6 Å². The lowest BCUT2D eigenvalue weighted by atomic mass is 10.2. The summed E-state index contributed by atoms with van der Waals surface area (Å²) in [6.45, 7) is 4.72. The number of nitrogens with zero attached hydrogens (tertiary/aromatic N) is 3. The van der Waals surface area contributed by atoms with Gasteiger partial charge in [0, 0.05) is 37.2 Å². The third-order valence-electron chi connectivity index (χ3n) is 5.50. The molecule has 3 amide bonds. The van der Waals surface area contributed by atoms with E-state index in [1.165, 1.54) is 0 Å². The van der Waals surface area contributed by atoms with Crippen LogP contribution in [0.5, 0.6) is 5.75 Å². The van der Waals surface area contributed by atoms with Crippen molar-refractivity contribution in [2.24, 2.45) is 7.05 Å². The minimum atomic E-state index is -0.318. The zero-order valence-electron chi connectivity index (χ0n) is 19.7. The first-order chi connectivity index (χ1) is 15.9. The van der Waals surface area contributed by atoms with Crippen molar-refractivity contribution < 1.29 is 14.3 Å². The van der Waals surface area contributed by atoms with Crippen LogP contribution in [0.4, 0.5) is 10.5 Å². The van der Waals surface area contributed by atoms with Crippen LogP contribution in [0.3, 0.4) is 0 Å². The highest BCUT2D eigenvalue weighted by molar-refractivity contribution is 5.92. The lowest BCUT2D eigenvalue weighted by molar-refractivity contribution is -0.133. The van der Waals surface area contributed by atoms with Crippen LogP contribution >= 0.6 is 0 Å². The molecule has 0 radical (unpaired) electrons. The van der Waals surface area contributed by atoms with E-state index in [-0.39, 0.29) is 24.5 Å². The highest BCUT2D eigenvalue weighted by Gasteiger charge is 2.24. The molecular formula is C26H32N4O3. The van der Waals surface area contributed by atoms with Crippen molar-refractivity contribution in [2.75, 3.05) is 19.0 Å². The number of methoxy groups -OCH3 is 1. The maximum atomic E-state index is 13.4. The van der Waals surface area contributed by atoms with Crippen LogP contribution in [0.15, 0.2) is 72.9 Å². The summed E-state index contributed by atoms with van der Waals surface area (Å²) in [5.74, 6) is 0.597. The number of urea groups is 1. The number of anilines is 1. The van der Waals surface area contributed by atoms with E-state index in [1.807, 2.05) is 74.1 Å². The van der Waals surface area contributed by atoms with E-state index in [9.17, 15) is 9.59 Å². The van der Waals surface area contributed by atoms with Crippen LogP contribution in [-0.2, 0) is 24.9 Å². The van der Waals surface area contributed by atoms with Crippen LogP contribution in [0.25, 0.3) is 0 Å². The number of amides is 3. The summed E-state index contributed by atoms with van der Waals surface area (Å²) in [7, 11) is 3.56. The second kappa shape index (κ2) is 11.2. The molecule has 0 aliphatic rings. The number of hydrogen-bond donors (Lipinski definition) is 1. The van der Waals surface area contributed by atoms with Crippen LogP contribution < -0.4 is 10.1 Å². The fourth-order valence-corrected chi connectivity index (χ4v) is 3.50. The van der Waals surface area contributed by atoms with Gasteiger partial charge in [-0.05, 0) is 55.8 Å². The molecular weight excluding hydrogens is 416 g/mol. The number of carbonyl (C=O) groups is 2. The Morgan fingerprint density at radius 2 is 1.67 bits per heavy atom. The molecule has 2 aromatic carbocycles. The van der Waals surface area contributed by atoms with Crippen molar-refractivity contribution in [3.63, 3.8) is 0 Å². The summed E-state index contributed by atoms with van der Waals surface area (Å²) < 4.78 is 7.17. The van der Waals surface area contributed by atoms with Gasteiger partial charge in [0.15, 0.2) is 0 Å². The zero-order valence-corrected chi connectivity index (χ0v) is 19.7. The van der Waals surface area contributed by atoms with Gasteiger partial charge in [0.05, 0.1) is 13.7 Å². The number of benzene rings is 2. The molecule has 0 unspecified atom stereocenters. The summed E-state index contributed by atoms with van der Waals surface area (Å²) in [6.07, 6.45) is 1.96. The molecule has 0 fully saturated rings. The lowest BCUT2D eigenvalue weighted by Gasteiger charge is -2.30. The van der Waals surface area contributed by atoms with Crippen LogP contribution in [-0.4, -0.2) is 46.0 Å². The molecule has 3 aromatic rings.